The molecular formula is C10H22N2O2. The van der Waals surface area contributed by atoms with E-state index in [2.05, 4.69) is 5.32 Å². The fraction of sp³-hybridized carbons (Fsp3) is 1.00. The van der Waals surface area contributed by atoms with E-state index in [1.165, 1.54) is 0 Å². The van der Waals surface area contributed by atoms with Crippen molar-refractivity contribution < 1.29 is 10.2 Å². The summed E-state index contributed by atoms with van der Waals surface area (Å²) in [5.41, 5.74) is 5.55. The molecule has 0 aromatic rings. The molecule has 0 amide bonds. The highest BCUT2D eigenvalue weighted by Crippen LogP contribution is 2.24. The van der Waals surface area contributed by atoms with Crippen LogP contribution in [-0.4, -0.2) is 34.6 Å². The summed E-state index contributed by atoms with van der Waals surface area (Å²) in [6, 6.07) is 0.0338. The zero-order chi connectivity index (χ0) is 10.7. The Kier molecular flexibility index (Phi) is 4.31. The Hall–Kier alpha value is -0.160. The molecule has 5 atom stereocenters. The fourth-order valence-corrected chi connectivity index (χ4v) is 1.92. The monoisotopic (exact) mass is 202 g/mol. The second-order valence-electron chi connectivity index (χ2n) is 4.53. The van der Waals surface area contributed by atoms with E-state index in [4.69, 9.17) is 5.73 Å². The van der Waals surface area contributed by atoms with Gasteiger partial charge in [-0.05, 0) is 32.1 Å². The summed E-state index contributed by atoms with van der Waals surface area (Å²) in [4.78, 5) is 0. The lowest BCUT2D eigenvalue weighted by atomic mass is 9.84. The summed E-state index contributed by atoms with van der Waals surface area (Å²) in [7, 11) is 0. The number of aliphatic hydroxyl groups is 2. The highest BCUT2D eigenvalue weighted by atomic mass is 16.3. The van der Waals surface area contributed by atoms with Gasteiger partial charge in [0.25, 0.3) is 0 Å². The first kappa shape index (κ1) is 11.9. The molecule has 0 radical (unpaired) electrons. The van der Waals surface area contributed by atoms with E-state index in [9.17, 15) is 10.2 Å². The summed E-state index contributed by atoms with van der Waals surface area (Å²) >= 11 is 0. The number of hydrogen-bond acceptors (Lipinski definition) is 4. The van der Waals surface area contributed by atoms with Crippen LogP contribution in [0.3, 0.4) is 0 Å². The van der Waals surface area contributed by atoms with Gasteiger partial charge in [0.15, 0.2) is 0 Å². The smallest absolute Gasteiger partial charge is 0.120 e. The molecule has 1 fully saturated rings. The molecule has 1 aliphatic carbocycles. The molecular weight excluding hydrogens is 180 g/mol. The van der Waals surface area contributed by atoms with Gasteiger partial charge in [0.1, 0.15) is 6.23 Å². The van der Waals surface area contributed by atoms with E-state index in [-0.39, 0.29) is 18.2 Å². The Labute approximate surface area is 85.5 Å². The fourth-order valence-electron chi connectivity index (χ4n) is 1.92. The molecule has 1 rings (SSSR count). The number of aliphatic hydroxyl groups excluding tert-OH is 2. The van der Waals surface area contributed by atoms with Gasteiger partial charge in [-0.15, -0.1) is 0 Å². The molecule has 4 nitrogen and oxygen atoms in total. The maximum atomic E-state index is 9.53. The van der Waals surface area contributed by atoms with E-state index in [0.717, 1.165) is 19.3 Å². The van der Waals surface area contributed by atoms with Crippen molar-refractivity contribution in [1.82, 2.24) is 5.32 Å². The van der Waals surface area contributed by atoms with Crippen molar-refractivity contribution in [3.05, 3.63) is 0 Å². The molecule has 84 valence electrons. The van der Waals surface area contributed by atoms with Crippen molar-refractivity contribution in [3.63, 3.8) is 0 Å². The number of rotatable bonds is 3. The van der Waals surface area contributed by atoms with Gasteiger partial charge in [-0.1, -0.05) is 6.92 Å². The molecule has 5 unspecified atom stereocenters. The van der Waals surface area contributed by atoms with Crippen molar-refractivity contribution in [3.8, 4) is 0 Å². The van der Waals surface area contributed by atoms with Crippen LogP contribution in [0, 0.1) is 5.92 Å². The lowest BCUT2D eigenvalue weighted by Crippen LogP contribution is -2.50. The molecule has 4 heteroatoms. The molecule has 0 spiro atoms. The maximum absolute atomic E-state index is 9.53. The minimum Gasteiger partial charge on any atom is -0.393 e. The normalized spacial score (nSPS) is 37.9. The SMILES string of the molecule is CC(N)C(O)NC1CCC(O)C(C)C1. The summed E-state index contributed by atoms with van der Waals surface area (Å²) in [6.45, 7) is 3.82. The van der Waals surface area contributed by atoms with Crippen LogP contribution in [0.25, 0.3) is 0 Å². The highest BCUT2D eigenvalue weighted by Gasteiger charge is 2.27. The summed E-state index contributed by atoms with van der Waals surface area (Å²) < 4.78 is 0. The van der Waals surface area contributed by atoms with Crippen molar-refractivity contribution in [2.24, 2.45) is 11.7 Å². The molecule has 5 N–H and O–H groups in total. The first-order valence-corrected chi connectivity index (χ1v) is 5.38. The van der Waals surface area contributed by atoms with Gasteiger partial charge in [0.2, 0.25) is 0 Å². The Morgan fingerprint density at radius 3 is 2.57 bits per heavy atom. The highest BCUT2D eigenvalue weighted by molar-refractivity contribution is 4.83. The Morgan fingerprint density at radius 2 is 2.07 bits per heavy atom. The third-order valence-corrected chi connectivity index (χ3v) is 3.03. The van der Waals surface area contributed by atoms with Gasteiger partial charge in [-0.2, -0.15) is 0 Å². The topological polar surface area (TPSA) is 78.5 Å². The van der Waals surface area contributed by atoms with E-state index in [0.29, 0.717) is 5.92 Å². The molecule has 1 saturated carbocycles. The lowest BCUT2D eigenvalue weighted by molar-refractivity contribution is 0.0398. The maximum Gasteiger partial charge on any atom is 0.120 e. The predicted molar refractivity (Wildman–Crippen MR) is 55.6 cm³/mol. The van der Waals surface area contributed by atoms with Crippen LogP contribution < -0.4 is 11.1 Å². The van der Waals surface area contributed by atoms with E-state index < -0.39 is 6.23 Å². The van der Waals surface area contributed by atoms with Gasteiger partial charge in [0, 0.05) is 12.1 Å². The average molecular weight is 202 g/mol. The summed E-state index contributed by atoms with van der Waals surface area (Å²) in [6.07, 6.45) is 1.81. The van der Waals surface area contributed by atoms with Crippen LogP contribution in [0.4, 0.5) is 0 Å². The minimum absolute atomic E-state index is 0.180. The molecule has 0 aromatic carbocycles. The van der Waals surface area contributed by atoms with Gasteiger partial charge in [-0.25, -0.2) is 0 Å². The molecule has 0 heterocycles. The number of nitrogens with one attached hydrogen (secondary N) is 1. The molecule has 0 saturated heterocycles. The second-order valence-corrected chi connectivity index (χ2v) is 4.53. The van der Waals surface area contributed by atoms with Crippen LogP contribution in [0.1, 0.15) is 33.1 Å². The van der Waals surface area contributed by atoms with Crippen molar-refractivity contribution in [2.45, 2.75) is 57.5 Å². The molecule has 0 aliphatic heterocycles. The molecule has 0 bridgehead atoms. The van der Waals surface area contributed by atoms with Crippen LogP contribution in [0.2, 0.25) is 0 Å². The Morgan fingerprint density at radius 1 is 1.43 bits per heavy atom. The van der Waals surface area contributed by atoms with E-state index in [1.807, 2.05) is 6.92 Å². The van der Waals surface area contributed by atoms with Crippen molar-refractivity contribution in [2.75, 3.05) is 0 Å². The van der Waals surface area contributed by atoms with Crippen molar-refractivity contribution in [1.29, 1.82) is 0 Å². The first-order valence-electron chi connectivity index (χ1n) is 5.38. The lowest BCUT2D eigenvalue weighted by Gasteiger charge is -2.33. The van der Waals surface area contributed by atoms with Crippen LogP contribution in [-0.2, 0) is 0 Å². The Bertz CT molecular complexity index is 176. The van der Waals surface area contributed by atoms with Crippen LogP contribution in [0.5, 0.6) is 0 Å². The number of hydrogen-bond donors (Lipinski definition) is 4. The third-order valence-electron chi connectivity index (χ3n) is 3.03. The van der Waals surface area contributed by atoms with Gasteiger partial charge in [0.05, 0.1) is 6.10 Å². The second kappa shape index (κ2) is 5.07. The van der Waals surface area contributed by atoms with E-state index in [1.54, 1.807) is 6.92 Å². The van der Waals surface area contributed by atoms with E-state index >= 15 is 0 Å². The standard InChI is InChI=1S/C10H22N2O2/c1-6-5-8(3-4-9(6)13)12-10(14)7(2)11/h6-10,12-14H,3-5,11H2,1-2H3. The third kappa shape index (κ3) is 3.20. The Balaban J connectivity index is 2.33. The van der Waals surface area contributed by atoms with Crippen LogP contribution in [0.15, 0.2) is 0 Å². The zero-order valence-electron chi connectivity index (χ0n) is 8.98. The molecule has 1 aliphatic rings. The predicted octanol–water partition coefficient (Wildman–Crippen LogP) is -0.209. The van der Waals surface area contributed by atoms with Gasteiger partial charge < -0.3 is 15.9 Å². The van der Waals surface area contributed by atoms with Gasteiger partial charge in [-0.3, -0.25) is 5.32 Å². The van der Waals surface area contributed by atoms with Gasteiger partial charge >= 0.3 is 0 Å². The summed E-state index contributed by atoms with van der Waals surface area (Å²) in [5, 5.41) is 22.1. The largest absolute Gasteiger partial charge is 0.393 e. The molecule has 0 aromatic heterocycles. The average Bonchev–Trinajstić information content (AvgIpc) is 2.11. The zero-order valence-corrected chi connectivity index (χ0v) is 8.98. The first-order chi connectivity index (χ1) is 6.50. The van der Waals surface area contributed by atoms with Crippen molar-refractivity contribution >= 4 is 0 Å². The summed E-state index contributed by atoms with van der Waals surface area (Å²) in [5.74, 6) is 0.307. The van der Waals surface area contributed by atoms with Crippen LogP contribution >= 0.6 is 0 Å². The number of nitrogens with two attached hydrogens (primary N) is 1. The molecule has 14 heavy (non-hydrogen) atoms. The quantitative estimate of drug-likeness (QED) is 0.478. The minimum atomic E-state index is -0.637.